The van der Waals surface area contributed by atoms with E-state index in [4.69, 9.17) is 4.74 Å². The first-order chi connectivity index (χ1) is 16.1. The number of amides is 1. The Balaban J connectivity index is 1.44. The molecule has 3 aromatic carbocycles. The lowest BCUT2D eigenvalue weighted by Gasteiger charge is -2.40. The summed E-state index contributed by atoms with van der Waals surface area (Å²) in [6, 6.07) is 28.3. The van der Waals surface area contributed by atoms with E-state index < -0.39 is 6.09 Å². The Labute approximate surface area is 196 Å². The molecule has 1 aliphatic rings. The number of carbonyl (C=O) groups excluding carboxylic acids is 1. The zero-order valence-electron chi connectivity index (χ0n) is 19.4. The lowest BCUT2D eigenvalue weighted by atomic mass is 10.0. The average Bonchev–Trinajstić information content (AvgIpc) is 2.86. The van der Waals surface area contributed by atoms with Crippen LogP contribution in [0.4, 0.5) is 16.2 Å². The number of nitrogens with one attached hydrogen (secondary N) is 1. The number of ether oxygens (including phenoxy) is 1. The summed E-state index contributed by atoms with van der Waals surface area (Å²) in [5.41, 5.74) is 3.60. The van der Waals surface area contributed by atoms with Crippen LogP contribution in [0.5, 0.6) is 5.75 Å². The Morgan fingerprint density at radius 2 is 1.48 bits per heavy atom. The number of hydrogen-bond donors (Lipinski definition) is 1. The van der Waals surface area contributed by atoms with Crippen molar-refractivity contribution in [2.24, 2.45) is 0 Å². The van der Waals surface area contributed by atoms with Gasteiger partial charge in [-0.3, -0.25) is 4.90 Å². The molecule has 3 aromatic rings. The van der Waals surface area contributed by atoms with Gasteiger partial charge in [-0.15, -0.1) is 0 Å². The molecule has 1 aliphatic heterocycles. The highest BCUT2D eigenvalue weighted by Gasteiger charge is 2.26. The van der Waals surface area contributed by atoms with E-state index >= 15 is 0 Å². The molecular formula is C27H32N4O2. The van der Waals surface area contributed by atoms with Gasteiger partial charge in [0.25, 0.3) is 0 Å². The van der Waals surface area contributed by atoms with Gasteiger partial charge in [0.1, 0.15) is 5.75 Å². The minimum atomic E-state index is -0.431. The van der Waals surface area contributed by atoms with E-state index in [0.29, 0.717) is 12.3 Å². The predicted octanol–water partition coefficient (Wildman–Crippen LogP) is 4.40. The second-order valence-corrected chi connectivity index (χ2v) is 8.44. The molecular weight excluding hydrogens is 412 g/mol. The minimum Gasteiger partial charge on any atom is -0.410 e. The molecule has 6 heteroatoms. The van der Waals surface area contributed by atoms with E-state index in [1.165, 1.54) is 11.3 Å². The molecule has 0 aliphatic carbocycles. The topological polar surface area (TPSA) is 48.1 Å². The van der Waals surface area contributed by atoms with Gasteiger partial charge in [0.05, 0.1) is 6.04 Å². The quantitative estimate of drug-likeness (QED) is 0.585. The van der Waals surface area contributed by atoms with E-state index in [2.05, 4.69) is 68.5 Å². The molecule has 172 valence electrons. The summed E-state index contributed by atoms with van der Waals surface area (Å²) in [5.74, 6) is 0.540. The van der Waals surface area contributed by atoms with Gasteiger partial charge < -0.3 is 19.9 Å². The summed E-state index contributed by atoms with van der Waals surface area (Å²) >= 11 is 0. The highest BCUT2D eigenvalue weighted by Crippen LogP contribution is 2.26. The van der Waals surface area contributed by atoms with Crippen LogP contribution in [0.1, 0.15) is 11.6 Å². The molecule has 1 saturated heterocycles. The Bertz CT molecular complexity index is 1000. The molecule has 4 rings (SSSR count). The van der Waals surface area contributed by atoms with Crippen molar-refractivity contribution >= 4 is 17.5 Å². The van der Waals surface area contributed by atoms with Gasteiger partial charge >= 0.3 is 6.09 Å². The molecule has 0 aromatic heterocycles. The third-order valence-corrected chi connectivity index (χ3v) is 6.06. The van der Waals surface area contributed by atoms with Crippen LogP contribution < -0.4 is 19.9 Å². The zero-order valence-corrected chi connectivity index (χ0v) is 19.4. The van der Waals surface area contributed by atoms with Crippen LogP contribution in [-0.2, 0) is 0 Å². The van der Waals surface area contributed by atoms with Gasteiger partial charge in [0.15, 0.2) is 0 Å². The Morgan fingerprint density at radius 1 is 0.879 bits per heavy atom. The van der Waals surface area contributed by atoms with Crippen LogP contribution in [-0.4, -0.2) is 57.8 Å². The maximum atomic E-state index is 12.4. The lowest BCUT2D eigenvalue weighted by molar-refractivity contribution is 0.169. The Morgan fingerprint density at radius 3 is 2.09 bits per heavy atom. The van der Waals surface area contributed by atoms with E-state index in [9.17, 15) is 4.79 Å². The summed E-state index contributed by atoms with van der Waals surface area (Å²) in [7, 11) is 4.08. The molecule has 1 N–H and O–H groups in total. The summed E-state index contributed by atoms with van der Waals surface area (Å²) in [5, 5.41) is 2.98. The van der Waals surface area contributed by atoms with Crippen LogP contribution in [0.3, 0.4) is 0 Å². The summed E-state index contributed by atoms with van der Waals surface area (Å²) < 4.78 is 5.43. The van der Waals surface area contributed by atoms with Crippen LogP contribution in [0.2, 0.25) is 0 Å². The number of hydrogen-bond acceptors (Lipinski definition) is 5. The Kier molecular flexibility index (Phi) is 7.47. The van der Waals surface area contributed by atoms with Crippen molar-refractivity contribution in [3.8, 4) is 5.75 Å². The van der Waals surface area contributed by atoms with Crippen LogP contribution in [0.25, 0.3) is 0 Å². The second-order valence-electron chi connectivity index (χ2n) is 8.44. The molecule has 1 heterocycles. The summed E-state index contributed by atoms with van der Waals surface area (Å²) in [4.78, 5) is 19.4. The van der Waals surface area contributed by atoms with Crippen molar-refractivity contribution in [3.63, 3.8) is 0 Å². The third-order valence-electron chi connectivity index (χ3n) is 6.06. The van der Waals surface area contributed by atoms with Gasteiger partial charge in [-0.1, -0.05) is 48.5 Å². The van der Waals surface area contributed by atoms with Gasteiger partial charge in [0, 0.05) is 58.2 Å². The number of para-hydroxylation sites is 2. The van der Waals surface area contributed by atoms with E-state index in [1.54, 1.807) is 12.1 Å². The van der Waals surface area contributed by atoms with Gasteiger partial charge in [-0.05, 0) is 42.0 Å². The van der Waals surface area contributed by atoms with E-state index in [-0.39, 0.29) is 6.04 Å². The first kappa shape index (κ1) is 22.7. The fourth-order valence-corrected chi connectivity index (χ4v) is 4.19. The molecule has 33 heavy (non-hydrogen) atoms. The SMILES string of the molecule is CN(C)c1ccc(C(CNC(=O)Oc2ccccc2)N2CCN(c3ccccc3)CC2)cc1. The molecule has 0 saturated carbocycles. The highest BCUT2D eigenvalue weighted by atomic mass is 16.6. The van der Waals surface area contributed by atoms with Crippen molar-refractivity contribution in [3.05, 3.63) is 90.5 Å². The summed E-state index contributed by atoms with van der Waals surface area (Å²) in [6.07, 6.45) is -0.431. The molecule has 6 nitrogen and oxygen atoms in total. The Hall–Kier alpha value is -3.51. The average molecular weight is 445 g/mol. The molecule has 0 bridgehead atoms. The minimum absolute atomic E-state index is 0.0717. The number of nitrogens with zero attached hydrogens (tertiary/aromatic N) is 3. The van der Waals surface area contributed by atoms with Gasteiger partial charge in [-0.25, -0.2) is 4.79 Å². The number of benzene rings is 3. The largest absolute Gasteiger partial charge is 0.412 e. The number of anilines is 2. The molecule has 1 unspecified atom stereocenters. The normalized spacial score (nSPS) is 15.0. The van der Waals surface area contributed by atoms with Gasteiger partial charge in [0.2, 0.25) is 0 Å². The fourth-order valence-electron chi connectivity index (χ4n) is 4.19. The smallest absolute Gasteiger partial charge is 0.410 e. The number of carbonyl (C=O) groups is 1. The first-order valence-corrected chi connectivity index (χ1v) is 11.4. The standard InChI is InChI=1S/C27H32N4O2/c1-29(2)23-15-13-22(14-16-23)26(21-28-27(32)33-25-11-7-4-8-12-25)31-19-17-30(18-20-31)24-9-5-3-6-10-24/h3-16,26H,17-21H2,1-2H3,(H,28,32). The lowest BCUT2D eigenvalue weighted by Crippen LogP contribution is -2.50. The van der Waals surface area contributed by atoms with E-state index in [1.807, 2.05) is 38.4 Å². The van der Waals surface area contributed by atoms with Crippen LogP contribution >= 0.6 is 0 Å². The third kappa shape index (κ3) is 6.05. The monoisotopic (exact) mass is 444 g/mol. The highest BCUT2D eigenvalue weighted by molar-refractivity contribution is 5.70. The molecule has 1 fully saturated rings. The van der Waals surface area contributed by atoms with E-state index in [0.717, 1.165) is 31.9 Å². The maximum Gasteiger partial charge on any atom is 0.412 e. The summed E-state index contributed by atoms with van der Waals surface area (Å²) in [6.45, 7) is 4.22. The van der Waals surface area contributed by atoms with Crippen molar-refractivity contribution in [2.45, 2.75) is 6.04 Å². The molecule has 0 spiro atoms. The van der Waals surface area contributed by atoms with Crippen molar-refractivity contribution in [1.82, 2.24) is 10.2 Å². The molecule has 1 atom stereocenters. The first-order valence-electron chi connectivity index (χ1n) is 11.4. The maximum absolute atomic E-state index is 12.4. The number of piperazine rings is 1. The van der Waals surface area contributed by atoms with Crippen molar-refractivity contribution < 1.29 is 9.53 Å². The van der Waals surface area contributed by atoms with Gasteiger partial charge in [-0.2, -0.15) is 0 Å². The molecule has 0 radical (unpaired) electrons. The van der Waals surface area contributed by atoms with Crippen LogP contribution in [0.15, 0.2) is 84.9 Å². The number of rotatable bonds is 7. The predicted molar refractivity (Wildman–Crippen MR) is 134 cm³/mol. The fraction of sp³-hybridized carbons (Fsp3) is 0.296. The van der Waals surface area contributed by atoms with Crippen molar-refractivity contribution in [2.75, 3.05) is 56.6 Å². The van der Waals surface area contributed by atoms with Crippen molar-refractivity contribution in [1.29, 1.82) is 0 Å². The second kappa shape index (κ2) is 10.9. The molecule has 1 amide bonds. The van der Waals surface area contributed by atoms with Crippen LogP contribution in [0, 0.1) is 0 Å². The zero-order chi connectivity index (χ0) is 23.0.